The fourth-order valence-electron chi connectivity index (χ4n) is 2.38. The van der Waals surface area contributed by atoms with Crippen molar-refractivity contribution in [2.24, 2.45) is 0 Å². The maximum Gasteiger partial charge on any atom is 0.365 e. The molecule has 0 saturated carbocycles. The third-order valence-electron chi connectivity index (χ3n) is 3.61. The molecule has 2 N–H and O–H groups in total. The van der Waals surface area contributed by atoms with E-state index >= 15 is 0 Å². The van der Waals surface area contributed by atoms with Crippen LogP contribution in [-0.4, -0.2) is 52.3 Å². The summed E-state index contributed by atoms with van der Waals surface area (Å²) in [7, 11) is 0. The summed E-state index contributed by atoms with van der Waals surface area (Å²) in [6, 6.07) is 7.46. The van der Waals surface area contributed by atoms with Crippen molar-refractivity contribution >= 4 is 11.9 Å². The Bertz CT molecular complexity index is 440. The second kappa shape index (κ2) is 6.45. The summed E-state index contributed by atoms with van der Waals surface area (Å²) in [6.45, 7) is 3.60. The molecule has 0 spiro atoms. The fourth-order valence-corrected chi connectivity index (χ4v) is 2.38. The van der Waals surface area contributed by atoms with E-state index in [1.165, 1.54) is 0 Å². The van der Waals surface area contributed by atoms with Gasteiger partial charge in [-0.15, -0.1) is 0 Å². The Morgan fingerprint density at radius 2 is 1.68 bits per heavy atom. The molecular formula is C14H20NO4+. The molecule has 1 atom stereocenters. The van der Waals surface area contributed by atoms with Crippen molar-refractivity contribution in [3.05, 3.63) is 35.9 Å². The molecule has 0 radical (unpaired) electrons. The van der Waals surface area contributed by atoms with Crippen LogP contribution in [0.5, 0.6) is 0 Å². The zero-order chi connectivity index (χ0) is 14.5. The summed E-state index contributed by atoms with van der Waals surface area (Å²) in [5.41, 5.74) is 0.464. The van der Waals surface area contributed by atoms with E-state index in [1.54, 1.807) is 44.2 Å². The molecule has 0 aromatic heterocycles. The van der Waals surface area contributed by atoms with E-state index in [4.69, 9.17) is 0 Å². The highest BCUT2D eigenvalue weighted by Gasteiger charge is 2.46. The third kappa shape index (κ3) is 2.83. The Kier molecular flexibility index (Phi) is 5.20. The highest BCUT2D eigenvalue weighted by molar-refractivity contribution is 5.90. The summed E-state index contributed by atoms with van der Waals surface area (Å²) < 4.78 is -0.282. The minimum Gasteiger partial charge on any atom is -0.477 e. The van der Waals surface area contributed by atoms with Gasteiger partial charge in [-0.25, -0.2) is 14.1 Å². The molecule has 1 aromatic rings. The Morgan fingerprint density at radius 3 is 2.05 bits per heavy atom. The number of rotatable bonds is 6. The van der Waals surface area contributed by atoms with Crippen molar-refractivity contribution in [3.8, 4) is 0 Å². The predicted octanol–water partition coefficient (Wildman–Crippen LogP) is 1.13. The zero-order valence-corrected chi connectivity index (χ0v) is 11.2. The number of hydrogen-bond donors (Lipinski definition) is 2. The molecule has 0 aliphatic rings. The first-order valence-electron chi connectivity index (χ1n) is 6.33. The molecule has 1 rings (SSSR count). The minimum atomic E-state index is -1.16. The van der Waals surface area contributed by atoms with Gasteiger partial charge in [0.25, 0.3) is 0 Å². The lowest BCUT2D eigenvalue weighted by Crippen LogP contribution is -2.63. The van der Waals surface area contributed by atoms with Gasteiger partial charge >= 0.3 is 11.9 Å². The van der Waals surface area contributed by atoms with E-state index < -0.39 is 18.6 Å². The number of hydrogen-bond acceptors (Lipinski definition) is 3. The summed E-state index contributed by atoms with van der Waals surface area (Å²) in [4.78, 5) is 23.9. The number of carbonyl (C=O) groups is 2. The molecule has 0 fully saturated rings. The molecule has 1 aromatic carbocycles. The number of amides is 1. The van der Waals surface area contributed by atoms with Gasteiger partial charge in [0, 0.05) is 0 Å². The van der Waals surface area contributed by atoms with Gasteiger partial charge < -0.3 is 10.2 Å². The van der Waals surface area contributed by atoms with Gasteiger partial charge in [-0.05, 0) is 26.0 Å². The summed E-state index contributed by atoms with van der Waals surface area (Å²) in [5.74, 6) is -1.43. The fraction of sp³-hybridized carbons (Fsp3) is 0.429. The van der Waals surface area contributed by atoms with Crippen LogP contribution in [0.1, 0.15) is 24.2 Å². The number of carboxylic acids is 1. The third-order valence-corrected chi connectivity index (χ3v) is 3.61. The Hall–Kier alpha value is -1.72. The van der Waals surface area contributed by atoms with E-state index in [0.29, 0.717) is 18.7 Å². The number of quaternary nitrogens is 1. The lowest BCUT2D eigenvalue weighted by molar-refractivity contribution is -0.863. The van der Waals surface area contributed by atoms with Crippen molar-refractivity contribution in [1.29, 1.82) is 0 Å². The van der Waals surface area contributed by atoms with E-state index in [1.807, 2.05) is 0 Å². The van der Waals surface area contributed by atoms with Crippen molar-refractivity contribution in [3.63, 3.8) is 0 Å². The first-order chi connectivity index (χ1) is 9.03. The Morgan fingerprint density at radius 1 is 1.16 bits per heavy atom. The molecular weight excluding hydrogens is 246 g/mol. The predicted molar refractivity (Wildman–Crippen MR) is 70.6 cm³/mol. The van der Waals surface area contributed by atoms with E-state index in [0.717, 1.165) is 0 Å². The highest BCUT2D eigenvalue weighted by Crippen LogP contribution is 2.20. The topological polar surface area (TPSA) is 74.6 Å². The van der Waals surface area contributed by atoms with Gasteiger partial charge in [-0.3, -0.25) is 0 Å². The van der Waals surface area contributed by atoms with E-state index in [9.17, 15) is 19.8 Å². The number of nitrogens with zero attached hydrogens (tertiary/aromatic N) is 1. The average molecular weight is 266 g/mol. The van der Waals surface area contributed by atoms with Crippen LogP contribution < -0.4 is 0 Å². The normalized spacial score (nSPS) is 13.0. The number of aliphatic hydroxyl groups is 1. The number of carbonyl (C=O) groups excluding carboxylic acids is 1. The second-order valence-electron chi connectivity index (χ2n) is 4.37. The van der Waals surface area contributed by atoms with Gasteiger partial charge in [0.15, 0.2) is 0 Å². The lowest BCUT2D eigenvalue weighted by Gasteiger charge is -2.37. The SMILES string of the molecule is CC[N+](CC)(C(=O)c1ccccc1)C(CO)C(=O)O. The Balaban J connectivity index is 3.26. The number of aliphatic carboxylic acids is 1. The number of carboxylic acid groups (broad SMARTS) is 1. The van der Waals surface area contributed by atoms with Crippen LogP contribution in [0.15, 0.2) is 30.3 Å². The van der Waals surface area contributed by atoms with Crippen LogP contribution in [0.4, 0.5) is 0 Å². The summed E-state index contributed by atoms with van der Waals surface area (Å²) >= 11 is 0. The van der Waals surface area contributed by atoms with Crippen molar-refractivity contribution in [2.75, 3.05) is 19.7 Å². The van der Waals surface area contributed by atoms with Crippen LogP contribution in [-0.2, 0) is 4.79 Å². The van der Waals surface area contributed by atoms with E-state index in [2.05, 4.69) is 0 Å². The quantitative estimate of drug-likeness (QED) is 0.757. The molecule has 1 amide bonds. The lowest BCUT2D eigenvalue weighted by atomic mass is 10.1. The van der Waals surface area contributed by atoms with Gasteiger partial charge in [0.2, 0.25) is 6.04 Å². The standard InChI is InChI=1S/C14H19NO4/c1-3-15(4-2,12(10-16)14(18)19)13(17)11-8-6-5-7-9-11/h5-9,12,16H,3-4,10H2,1-2H3/p+1. The molecule has 0 bridgehead atoms. The molecule has 0 aliphatic carbocycles. The number of aliphatic hydroxyl groups excluding tert-OH is 1. The molecule has 0 heterocycles. The number of likely N-dealkylation sites (N-methyl/N-ethyl adjacent to an activating group) is 1. The second-order valence-corrected chi connectivity index (χ2v) is 4.37. The minimum absolute atomic E-state index is 0.271. The maximum atomic E-state index is 12.6. The van der Waals surface area contributed by atoms with Crippen LogP contribution in [0, 0.1) is 0 Å². The molecule has 19 heavy (non-hydrogen) atoms. The van der Waals surface area contributed by atoms with Gasteiger partial charge in [-0.1, -0.05) is 18.2 Å². The monoisotopic (exact) mass is 266 g/mol. The zero-order valence-electron chi connectivity index (χ0n) is 11.2. The first kappa shape index (κ1) is 15.3. The molecule has 0 saturated heterocycles. The molecule has 104 valence electrons. The number of benzene rings is 1. The van der Waals surface area contributed by atoms with Crippen LogP contribution >= 0.6 is 0 Å². The van der Waals surface area contributed by atoms with Crippen molar-refractivity contribution in [1.82, 2.24) is 0 Å². The molecule has 5 nitrogen and oxygen atoms in total. The van der Waals surface area contributed by atoms with Crippen LogP contribution in [0.2, 0.25) is 0 Å². The maximum absolute atomic E-state index is 12.6. The summed E-state index contributed by atoms with van der Waals surface area (Å²) in [5, 5.41) is 18.6. The highest BCUT2D eigenvalue weighted by atomic mass is 16.4. The average Bonchev–Trinajstić information content (AvgIpc) is 2.44. The first-order valence-corrected chi connectivity index (χ1v) is 6.33. The Labute approximate surface area is 112 Å². The van der Waals surface area contributed by atoms with Crippen molar-refractivity contribution < 1.29 is 24.3 Å². The van der Waals surface area contributed by atoms with E-state index in [-0.39, 0.29) is 10.4 Å². The molecule has 5 heteroatoms. The van der Waals surface area contributed by atoms with Gasteiger partial charge in [0.1, 0.15) is 6.61 Å². The van der Waals surface area contributed by atoms with Crippen LogP contribution in [0.3, 0.4) is 0 Å². The van der Waals surface area contributed by atoms with Crippen LogP contribution in [0.25, 0.3) is 0 Å². The van der Waals surface area contributed by atoms with Gasteiger partial charge in [0.05, 0.1) is 18.7 Å². The molecule has 1 unspecified atom stereocenters. The van der Waals surface area contributed by atoms with Gasteiger partial charge in [-0.2, -0.15) is 0 Å². The smallest absolute Gasteiger partial charge is 0.365 e. The largest absolute Gasteiger partial charge is 0.477 e. The summed E-state index contributed by atoms with van der Waals surface area (Å²) in [6.07, 6.45) is 0. The molecule has 0 aliphatic heterocycles. The van der Waals surface area contributed by atoms with Crippen molar-refractivity contribution in [2.45, 2.75) is 19.9 Å².